The topological polar surface area (TPSA) is 97.8 Å². The second kappa shape index (κ2) is 11.5. The molecular weight excluding hydrogens is 464 g/mol. The second-order valence-electron chi connectivity index (χ2n) is 8.49. The van der Waals surface area contributed by atoms with Gasteiger partial charge in [-0.25, -0.2) is 0 Å². The van der Waals surface area contributed by atoms with Crippen molar-refractivity contribution in [2.75, 3.05) is 60.2 Å². The van der Waals surface area contributed by atoms with Crippen LogP contribution in [0.2, 0.25) is 0 Å². The van der Waals surface area contributed by atoms with E-state index in [9.17, 15) is 14.7 Å². The van der Waals surface area contributed by atoms with Crippen molar-refractivity contribution in [1.29, 1.82) is 0 Å². The van der Waals surface area contributed by atoms with E-state index in [1.165, 1.54) is 19.1 Å². The van der Waals surface area contributed by atoms with Gasteiger partial charge in [0.05, 0.1) is 45.7 Å². The number of ether oxygens (including phenoxy) is 4. The SMILES string of the molecule is CCOc1ccc(/C(O)=C2\C(=O)C(=O)N(CCN3CCOCC3)C2c2cccc(OC)c2OC)cc1. The maximum Gasteiger partial charge on any atom is 0.295 e. The lowest BCUT2D eigenvalue weighted by molar-refractivity contribution is -0.140. The van der Waals surface area contributed by atoms with Crippen molar-refractivity contribution in [3.8, 4) is 17.2 Å². The number of likely N-dealkylation sites (tertiary alicyclic amines) is 1. The molecule has 1 amide bonds. The van der Waals surface area contributed by atoms with E-state index in [2.05, 4.69) is 4.90 Å². The molecule has 2 aliphatic heterocycles. The highest BCUT2D eigenvalue weighted by atomic mass is 16.5. The molecule has 0 spiro atoms. The van der Waals surface area contributed by atoms with Gasteiger partial charge >= 0.3 is 0 Å². The van der Waals surface area contributed by atoms with E-state index in [0.717, 1.165) is 13.1 Å². The van der Waals surface area contributed by atoms with Gasteiger partial charge in [-0.05, 0) is 37.3 Å². The Labute approximate surface area is 210 Å². The van der Waals surface area contributed by atoms with E-state index in [4.69, 9.17) is 18.9 Å². The smallest absolute Gasteiger partial charge is 0.295 e. The standard InChI is InChI=1S/C27H32N2O7/c1-4-36-19-10-8-18(9-11-19)24(30)22-23(20-6-5-7-21(33-2)26(20)34-3)29(27(32)25(22)31)13-12-28-14-16-35-17-15-28/h5-11,23,30H,4,12-17H2,1-3H3/b24-22+. The molecule has 1 atom stereocenters. The molecule has 0 aromatic heterocycles. The van der Waals surface area contributed by atoms with Crippen LogP contribution in [0.5, 0.6) is 17.2 Å². The fraction of sp³-hybridized carbons (Fsp3) is 0.407. The van der Waals surface area contributed by atoms with E-state index in [0.29, 0.717) is 61.3 Å². The molecule has 0 bridgehead atoms. The number of Topliss-reactive ketones (excluding diaryl/α,β-unsaturated/α-hetero) is 1. The summed E-state index contributed by atoms with van der Waals surface area (Å²) < 4.78 is 22.0. The maximum absolute atomic E-state index is 13.3. The lowest BCUT2D eigenvalue weighted by atomic mass is 9.94. The monoisotopic (exact) mass is 496 g/mol. The quantitative estimate of drug-likeness (QED) is 0.322. The first-order valence-corrected chi connectivity index (χ1v) is 12.0. The van der Waals surface area contributed by atoms with Crippen molar-refractivity contribution < 1.29 is 33.6 Å². The Hall–Kier alpha value is -3.56. The first kappa shape index (κ1) is 25.5. The van der Waals surface area contributed by atoms with Crippen molar-refractivity contribution in [3.05, 3.63) is 59.2 Å². The van der Waals surface area contributed by atoms with Gasteiger partial charge in [0.2, 0.25) is 0 Å². The summed E-state index contributed by atoms with van der Waals surface area (Å²) in [6, 6.07) is 11.2. The number of para-hydroxylation sites is 1. The summed E-state index contributed by atoms with van der Waals surface area (Å²) in [4.78, 5) is 30.3. The highest BCUT2D eigenvalue weighted by Gasteiger charge is 2.47. The predicted octanol–water partition coefficient (Wildman–Crippen LogP) is 2.86. The number of carbonyl (C=O) groups is 2. The normalized spacial score (nSPS) is 20.0. The summed E-state index contributed by atoms with van der Waals surface area (Å²) in [7, 11) is 3.03. The Morgan fingerprint density at radius 1 is 1.03 bits per heavy atom. The van der Waals surface area contributed by atoms with Crippen molar-refractivity contribution >= 4 is 17.4 Å². The number of aliphatic hydroxyl groups excluding tert-OH is 1. The molecule has 2 aromatic rings. The zero-order valence-electron chi connectivity index (χ0n) is 20.9. The fourth-order valence-corrected chi connectivity index (χ4v) is 4.67. The summed E-state index contributed by atoms with van der Waals surface area (Å²) in [6.07, 6.45) is 0. The maximum atomic E-state index is 13.3. The number of aliphatic hydroxyl groups is 1. The number of amides is 1. The Kier molecular flexibility index (Phi) is 8.12. The zero-order valence-corrected chi connectivity index (χ0v) is 20.9. The van der Waals surface area contributed by atoms with Gasteiger partial charge in [0, 0.05) is 37.3 Å². The van der Waals surface area contributed by atoms with E-state index in [1.807, 2.05) is 6.92 Å². The van der Waals surface area contributed by atoms with Crippen molar-refractivity contribution in [2.45, 2.75) is 13.0 Å². The number of hydrogen-bond donors (Lipinski definition) is 1. The van der Waals surface area contributed by atoms with E-state index < -0.39 is 17.7 Å². The lowest BCUT2D eigenvalue weighted by Crippen LogP contribution is -2.42. The Morgan fingerprint density at radius 3 is 2.39 bits per heavy atom. The summed E-state index contributed by atoms with van der Waals surface area (Å²) in [5, 5.41) is 11.3. The molecule has 2 heterocycles. The van der Waals surface area contributed by atoms with Gasteiger partial charge in [-0.15, -0.1) is 0 Å². The van der Waals surface area contributed by atoms with Crippen molar-refractivity contribution in [1.82, 2.24) is 9.80 Å². The number of ketones is 1. The highest BCUT2D eigenvalue weighted by Crippen LogP contribution is 2.45. The molecule has 4 rings (SSSR count). The third-order valence-electron chi connectivity index (χ3n) is 6.47. The number of carbonyl (C=O) groups excluding carboxylic acids is 2. The molecule has 2 aliphatic rings. The van der Waals surface area contributed by atoms with Crippen LogP contribution >= 0.6 is 0 Å². The van der Waals surface area contributed by atoms with Crippen LogP contribution in [-0.2, 0) is 14.3 Å². The predicted molar refractivity (Wildman–Crippen MR) is 133 cm³/mol. The van der Waals surface area contributed by atoms with Crippen molar-refractivity contribution in [3.63, 3.8) is 0 Å². The number of benzene rings is 2. The fourth-order valence-electron chi connectivity index (χ4n) is 4.67. The Bertz CT molecular complexity index is 1120. The molecule has 0 radical (unpaired) electrons. The average Bonchev–Trinajstić information content (AvgIpc) is 3.17. The van der Waals surface area contributed by atoms with E-state index in [1.54, 1.807) is 42.5 Å². The van der Waals surface area contributed by atoms with Crippen LogP contribution in [0.4, 0.5) is 0 Å². The highest BCUT2D eigenvalue weighted by molar-refractivity contribution is 6.46. The number of rotatable bonds is 9. The van der Waals surface area contributed by atoms with Crippen LogP contribution in [-0.4, -0.2) is 86.8 Å². The summed E-state index contributed by atoms with van der Waals surface area (Å²) in [5.41, 5.74) is 0.986. The van der Waals surface area contributed by atoms with Gasteiger partial charge in [0.1, 0.15) is 11.5 Å². The van der Waals surface area contributed by atoms with Crippen LogP contribution in [0.15, 0.2) is 48.0 Å². The lowest BCUT2D eigenvalue weighted by Gasteiger charge is -2.31. The minimum atomic E-state index is -0.845. The third kappa shape index (κ3) is 5.03. The van der Waals surface area contributed by atoms with E-state index in [-0.39, 0.29) is 11.3 Å². The number of hydrogen-bond acceptors (Lipinski definition) is 8. The van der Waals surface area contributed by atoms with Gasteiger partial charge in [0.25, 0.3) is 11.7 Å². The molecule has 36 heavy (non-hydrogen) atoms. The van der Waals surface area contributed by atoms with Crippen LogP contribution in [0.25, 0.3) is 5.76 Å². The molecule has 9 nitrogen and oxygen atoms in total. The van der Waals surface area contributed by atoms with Gasteiger partial charge < -0.3 is 29.0 Å². The van der Waals surface area contributed by atoms with E-state index >= 15 is 0 Å². The zero-order chi connectivity index (χ0) is 25.7. The molecular formula is C27H32N2O7. The minimum Gasteiger partial charge on any atom is -0.507 e. The molecule has 1 N–H and O–H groups in total. The Morgan fingerprint density at radius 2 is 1.75 bits per heavy atom. The van der Waals surface area contributed by atoms with Crippen molar-refractivity contribution in [2.24, 2.45) is 0 Å². The number of nitrogens with zero attached hydrogens (tertiary/aromatic N) is 2. The summed E-state index contributed by atoms with van der Waals surface area (Å²) in [5.74, 6) is -0.134. The molecule has 9 heteroatoms. The van der Waals surface area contributed by atoms with Gasteiger partial charge in [0.15, 0.2) is 11.5 Å². The minimum absolute atomic E-state index is 0.0118. The summed E-state index contributed by atoms with van der Waals surface area (Å²) >= 11 is 0. The van der Waals surface area contributed by atoms with Crippen LogP contribution in [0.3, 0.4) is 0 Å². The third-order valence-corrected chi connectivity index (χ3v) is 6.47. The van der Waals surface area contributed by atoms with Crippen LogP contribution in [0, 0.1) is 0 Å². The molecule has 0 saturated carbocycles. The first-order chi connectivity index (χ1) is 17.5. The van der Waals surface area contributed by atoms with Crippen LogP contribution < -0.4 is 14.2 Å². The first-order valence-electron chi connectivity index (χ1n) is 12.0. The number of morpholine rings is 1. The second-order valence-corrected chi connectivity index (χ2v) is 8.49. The molecule has 2 saturated heterocycles. The molecule has 2 aromatic carbocycles. The Balaban J connectivity index is 1.79. The summed E-state index contributed by atoms with van der Waals surface area (Å²) in [6.45, 7) is 6.03. The average molecular weight is 497 g/mol. The van der Waals surface area contributed by atoms with Gasteiger partial charge in [-0.3, -0.25) is 14.5 Å². The largest absolute Gasteiger partial charge is 0.507 e. The molecule has 0 aliphatic carbocycles. The van der Waals surface area contributed by atoms with Gasteiger partial charge in [-0.1, -0.05) is 12.1 Å². The molecule has 192 valence electrons. The molecule has 2 fully saturated rings. The number of methoxy groups -OCH3 is 2. The molecule has 1 unspecified atom stereocenters. The van der Waals surface area contributed by atoms with Crippen LogP contribution in [0.1, 0.15) is 24.1 Å². The van der Waals surface area contributed by atoms with Gasteiger partial charge in [-0.2, -0.15) is 0 Å².